The van der Waals surface area contributed by atoms with E-state index in [1.807, 2.05) is 0 Å². The van der Waals surface area contributed by atoms with Gasteiger partial charge in [0.15, 0.2) is 0 Å². The van der Waals surface area contributed by atoms with Gasteiger partial charge in [0.05, 0.1) is 7.11 Å². The highest BCUT2D eigenvalue weighted by Crippen LogP contribution is 2.30. The van der Waals surface area contributed by atoms with E-state index < -0.39 is 10.0 Å². The number of nitrogen functional groups attached to an aromatic ring is 1. The number of piperidine rings is 1. The van der Waals surface area contributed by atoms with Crippen LogP contribution in [0.1, 0.15) is 19.8 Å². The fourth-order valence-corrected chi connectivity index (χ4v) is 3.87. The lowest BCUT2D eigenvalue weighted by atomic mass is 10.0. The molecule has 1 aromatic rings. The molecular weight excluding hydrogens is 264 g/mol. The van der Waals surface area contributed by atoms with Crippen molar-refractivity contribution >= 4 is 15.7 Å². The second kappa shape index (κ2) is 5.38. The van der Waals surface area contributed by atoms with Crippen LogP contribution in [0.25, 0.3) is 0 Å². The molecule has 0 bridgehead atoms. The Morgan fingerprint density at radius 1 is 1.32 bits per heavy atom. The van der Waals surface area contributed by atoms with Crippen LogP contribution in [0, 0.1) is 5.92 Å². The number of methoxy groups -OCH3 is 1. The zero-order valence-corrected chi connectivity index (χ0v) is 12.1. The number of ether oxygens (including phenoxy) is 1. The highest BCUT2D eigenvalue weighted by Gasteiger charge is 2.30. The van der Waals surface area contributed by atoms with Crippen molar-refractivity contribution in [2.45, 2.75) is 24.7 Å². The summed E-state index contributed by atoms with van der Waals surface area (Å²) in [6, 6.07) is 4.64. The van der Waals surface area contributed by atoms with Gasteiger partial charge in [-0.3, -0.25) is 0 Å². The molecule has 1 saturated heterocycles. The lowest BCUT2D eigenvalue weighted by Crippen LogP contribution is -2.38. The maximum atomic E-state index is 12.6. The third kappa shape index (κ3) is 2.84. The molecule has 0 amide bonds. The van der Waals surface area contributed by atoms with E-state index in [4.69, 9.17) is 10.5 Å². The highest BCUT2D eigenvalue weighted by atomic mass is 32.2. The van der Waals surface area contributed by atoms with Gasteiger partial charge < -0.3 is 10.5 Å². The monoisotopic (exact) mass is 284 g/mol. The van der Waals surface area contributed by atoms with Crippen molar-refractivity contribution in [2.75, 3.05) is 25.9 Å². The summed E-state index contributed by atoms with van der Waals surface area (Å²) in [6.45, 7) is 3.28. The number of hydrogen-bond donors (Lipinski definition) is 1. The minimum Gasteiger partial charge on any atom is -0.495 e. The number of hydrogen-bond acceptors (Lipinski definition) is 4. The van der Waals surface area contributed by atoms with Crippen LogP contribution in [-0.4, -0.2) is 32.9 Å². The van der Waals surface area contributed by atoms with E-state index in [0.717, 1.165) is 12.8 Å². The van der Waals surface area contributed by atoms with E-state index in [1.54, 1.807) is 12.1 Å². The van der Waals surface area contributed by atoms with E-state index >= 15 is 0 Å². The number of anilines is 1. The molecule has 5 nitrogen and oxygen atoms in total. The number of nitrogens with two attached hydrogens (primary N) is 1. The molecule has 1 fully saturated rings. The van der Waals surface area contributed by atoms with Gasteiger partial charge in [-0.05, 0) is 30.9 Å². The van der Waals surface area contributed by atoms with Gasteiger partial charge in [0.2, 0.25) is 10.0 Å². The normalized spacial score (nSPS) is 18.4. The van der Waals surface area contributed by atoms with Crippen molar-refractivity contribution in [1.82, 2.24) is 4.31 Å². The molecule has 0 saturated carbocycles. The van der Waals surface area contributed by atoms with Crippen LogP contribution >= 0.6 is 0 Å². The molecule has 0 spiro atoms. The maximum absolute atomic E-state index is 12.6. The van der Waals surface area contributed by atoms with E-state index in [0.29, 0.717) is 30.4 Å². The van der Waals surface area contributed by atoms with Crippen LogP contribution in [0.2, 0.25) is 0 Å². The standard InChI is InChI=1S/C13H20N2O3S/c1-10-5-7-15(8-6-10)19(16,17)13-4-3-11(14)9-12(13)18-2/h3-4,9-10H,5-8,14H2,1-2H3. The van der Waals surface area contributed by atoms with Crippen molar-refractivity contribution in [3.05, 3.63) is 18.2 Å². The summed E-state index contributed by atoms with van der Waals surface area (Å²) in [5.41, 5.74) is 6.14. The molecule has 1 aromatic carbocycles. The van der Waals surface area contributed by atoms with Crippen molar-refractivity contribution in [2.24, 2.45) is 5.92 Å². The van der Waals surface area contributed by atoms with E-state index in [-0.39, 0.29) is 4.90 Å². The molecule has 0 atom stereocenters. The van der Waals surface area contributed by atoms with Crippen LogP contribution in [-0.2, 0) is 10.0 Å². The third-order valence-electron chi connectivity index (χ3n) is 3.55. The van der Waals surface area contributed by atoms with Crippen LogP contribution < -0.4 is 10.5 Å². The first-order chi connectivity index (χ1) is 8.95. The molecule has 6 heteroatoms. The first kappa shape index (κ1) is 14.1. The minimum atomic E-state index is -3.49. The molecule has 0 unspecified atom stereocenters. The quantitative estimate of drug-likeness (QED) is 0.857. The van der Waals surface area contributed by atoms with E-state index in [2.05, 4.69) is 6.92 Å². The molecule has 0 aromatic heterocycles. The Labute approximate surface area is 114 Å². The summed E-state index contributed by atoms with van der Waals surface area (Å²) < 4.78 is 31.8. The van der Waals surface area contributed by atoms with Crippen molar-refractivity contribution in [3.63, 3.8) is 0 Å². The number of benzene rings is 1. The Bertz CT molecular complexity index is 549. The molecule has 0 radical (unpaired) electrons. The van der Waals surface area contributed by atoms with Crippen molar-refractivity contribution < 1.29 is 13.2 Å². The summed E-state index contributed by atoms with van der Waals surface area (Å²) in [7, 11) is -2.04. The van der Waals surface area contributed by atoms with Crippen LogP contribution in [0.15, 0.2) is 23.1 Å². The topological polar surface area (TPSA) is 72.6 Å². The Morgan fingerprint density at radius 2 is 1.95 bits per heavy atom. The molecule has 1 aliphatic heterocycles. The first-order valence-corrected chi connectivity index (χ1v) is 7.83. The fourth-order valence-electron chi connectivity index (χ4n) is 2.26. The molecular formula is C13H20N2O3S. The number of sulfonamides is 1. The summed E-state index contributed by atoms with van der Waals surface area (Å²) in [6.07, 6.45) is 1.80. The minimum absolute atomic E-state index is 0.193. The summed E-state index contributed by atoms with van der Waals surface area (Å²) in [5, 5.41) is 0. The SMILES string of the molecule is COc1cc(N)ccc1S(=O)(=O)N1CCC(C)CC1. The summed E-state index contributed by atoms with van der Waals surface area (Å²) >= 11 is 0. The van der Waals surface area contributed by atoms with E-state index in [9.17, 15) is 8.42 Å². The van der Waals surface area contributed by atoms with Gasteiger partial charge >= 0.3 is 0 Å². The fraction of sp³-hybridized carbons (Fsp3) is 0.538. The van der Waals surface area contributed by atoms with Crippen LogP contribution in [0.4, 0.5) is 5.69 Å². The first-order valence-electron chi connectivity index (χ1n) is 6.39. The second-order valence-corrected chi connectivity index (χ2v) is 6.90. The third-order valence-corrected chi connectivity index (χ3v) is 5.49. The molecule has 106 valence electrons. The largest absolute Gasteiger partial charge is 0.495 e. The molecule has 19 heavy (non-hydrogen) atoms. The number of nitrogens with zero attached hydrogens (tertiary/aromatic N) is 1. The van der Waals surface area contributed by atoms with Gasteiger partial charge in [-0.1, -0.05) is 6.92 Å². The number of rotatable bonds is 3. The summed E-state index contributed by atoms with van der Waals surface area (Å²) in [5.74, 6) is 0.887. The van der Waals surface area contributed by atoms with Gasteiger partial charge in [-0.2, -0.15) is 4.31 Å². The van der Waals surface area contributed by atoms with Gasteiger partial charge in [0, 0.05) is 24.8 Å². The van der Waals surface area contributed by atoms with Crippen molar-refractivity contribution in [3.8, 4) is 5.75 Å². The average molecular weight is 284 g/mol. The second-order valence-electron chi connectivity index (χ2n) is 5.00. The lowest BCUT2D eigenvalue weighted by molar-refractivity contribution is 0.287. The maximum Gasteiger partial charge on any atom is 0.246 e. The van der Waals surface area contributed by atoms with Gasteiger partial charge in [0.25, 0.3) is 0 Å². The molecule has 0 aliphatic carbocycles. The van der Waals surface area contributed by atoms with Gasteiger partial charge in [-0.15, -0.1) is 0 Å². The Balaban J connectivity index is 2.34. The predicted molar refractivity (Wildman–Crippen MR) is 74.6 cm³/mol. The molecule has 1 aliphatic rings. The molecule has 2 N–H and O–H groups in total. The van der Waals surface area contributed by atoms with Gasteiger partial charge in [0.1, 0.15) is 10.6 Å². The molecule has 1 heterocycles. The predicted octanol–water partition coefficient (Wildman–Crippen LogP) is 1.70. The van der Waals surface area contributed by atoms with Crippen molar-refractivity contribution in [1.29, 1.82) is 0 Å². The highest BCUT2D eigenvalue weighted by molar-refractivity contribution is 7.89. The Kier molecular flexibility index (Phi) is 4.01. The average Bonchev–Trinajstić information content (AvgIpc) is 2.38. The van der Waals surface area contributed by atoms with Crippen LogP contribution in [0.5, 0.6) is 5.75 Å². The zero-order chi connectivity index (χ0) is 14.0. The Hall–Kier alpha value is -1.27. The van der Waals surface area contributed by atoms with Crippen LogP contribution in [0.3, 0.4) is 0 Å². The summed E-state index contributed by atoms with van der Waals surface area (Å²) in [4.78, 5) is 0.193. The lowest BCUT2D eigenvalue weighted by Gasteiger charge is -2.29. The zero-order valence-electron chi connectivity index (χ0n) is 11.3. The smallest absolute Gasteiger partial charge is 0.246 e. The molecule has 2 rings (SSSR count). The Morgan fingerprint density at radius 3 is 2.53 bits per heavy atom. The van der Waals surface area contributed by atoms with E-state index in [1.165, 1.54) is 17.5 Å². The van der Waals surface area contributed by atoms with Gasteiger partial charge in [-0.25, -0.2) is 8.42 Å².